The third kappa shape index (κ3) is 3.88. The van der Waals surface area contributed by atoms with Gasteiger partial charge in [0.2, 0.25) is 0 Å². The van der Waals surface area contributed by atoms with Gasteiger partial charge in [-0.2, -0.15) is 0 Å². The number of hydrogen-bond donors (Lipinski definition) is 1. The van der Waals surface area contributed by atoms with Crippen molar-refractivity contribution >= 4 is 31.0 Å². The zero-order valence-corrected chi connectivity index (χ0v) is 15.4. The summed E-state index contributed by atoms with van der Waals surface area (Å²) in [5.41, 5.74) is 1.13. The van der Waals surface area contributed by atoms with E-state index in [2.05, 4.69) is 5.32 Å². The van der Waals surface area contributed by atoms with Crippen molar-refractivity contribution in [2.75, 3.05) is 18.1 Å². The lowest BCUT2D eigenvalue weighted by Crippen LogP contribution is -2.43. The van der Waals surface area contributed by atoms with E-state index in [1.165, 1.54) is 6.07 Å². The Labute approximate surface area is 146 Å². The molecular weight excluding hydrogens is 366 g/mol. The Morgan fingerprint density at radius 1 is 1.08 bits per heavy atom. The Kier molecular flexibility index (Phi) is 5.10. The molecule has 1 aromatic carbocycles. The molecular formula is C16H19NO4S3. The molecule has 3 rings (SSSR count). The van der Waals surface area contributed by atoms with Gasteiger partial charge in [-0.05, 0) is 30.0 Å². The third-order valence-electron chi connectivity index (χ3n) is 4.14. The number of rotatable bonds is 6. The molecule has 0 amide bonds. The Morgan fingerprint density at radius 2 is 1.83 bits per heavy atom. The highest BCUT2D eigenvalue weighted by atomic mass is 32.2. The first-order valence-electron chi connectivity index (χ1n) is 7.64. The van der Waals surface area contributed by atoms with E-state index in [1.807, 2.05) is 30.3 Å². The third-order valence-corrected chi connectivity index (χ3v) is 9.72. The average Bonchev–Trinajstić information content (AvgIpc) is 3.17. The van der Waals surface area contributed by atoms with E-state index in [-0.39, 0.29) is 15.7 Å². The summed E-state index contributed by atoms with van der Waals surface area (Å²) in [6, 6.07) is 12.4. The number of hydrogen-bond acceptors (Lipinski definition) is 6. The smallest absolute Gasteiger partial charge is 0.193 e. The Hall–Kier alpha value is -1.22. The standard InChI is InChI=1S/C16H19NO4S3/c18-23(19)11-14(17-9-8-13-5-2-1-3-6-13)15(12-23)24(20,21)16-7-4-10-22-16/h1-7,10,14-15,17H,8-9,11-12H2. The SMILES string of the molecule is O=S1(=O)CC(NCCc2ccccc2)C(S(=O)(=O)c2cccs2)C1. The van der Waals surface area contributed by atoms with Crippen LogP contribution in [0.2, 0.25) is 0 Å². The molecule has 2 atom stereocenters. The summed E-state index contributed by atoms with van der Waals surface area (Å²) in [7, 11) is -6.98. The number of nitrogens with one attached hydrogen (secondary N) is 1. The summed E-state index contributed by atoms with van der Waals surface area (Å²) in [4.78, 5) is 0. The van der Waals surface area contributed by atoms with Gasteiger partial charge in [-0.15, -0.1) is 11.3 Å². The molecule has 2 heterocycles. The molecule has 1 aromatic heterocycles. The second-order valence-corrected chi connectivity index (χ2v) is 11.4. The summed E-state index contributed by atoms with van der Waals surface area (Å²) >= 11 is 1.13. The van der Waals surface area contributed by atoms with Crippen molar-refractivity contribution in [2.24, 2.45) is 0 Å². The monoisotopic (exact) mass is 385 g/mol. The van der Waals surface area contributed by atoms with Crippen LogP contribution in [0.15, 0.2) is 52.1 Å². The highest BCUT2D eigenvalue weighted by Crippen LogP contribution is 2.28. The maximum Gasteiger partial charge on any atom is 0.193 e. The molecule has 0 saturated carbocycles. The van der Waals surface area contributed by atoms with E-state index in [1.54, 1.807) is 11.4 Å². The second kappa shape index (κ2) is 6.95. The quantitative estimate of drug-likeness (QED) is 0.815. The van der Waals surface area contributed by atoms with Gasteiger partial charge in [0.1, 0.15) is 4.21 Å². The van der Waals surface area contributed by atoms with Crippen LogP contribution in [0.5, 0.6) is 0 Å². The Balaban J connectivity index is 1.73. The van der Waals surface area contributed by atoms with Crippen LogP contribution in [-0.4, -0.2) is 46.2 Å². The minimum atomic E-state index is -3.63. The summed E-state index contributed by atoms with van der Waals surface area (Å²) < 4.78 is 49.7. The topological polar surface area (TPSA) is 80.3 Å². The van der Waals surface area contributed by atoms with Crippen molar-refractivity contribution in [1.29, 1.82) is 0 Å². The van der Waals surface area contributed by atoms with Gasteiger partial charge >= 0.3 is 0 Å². The van der Waals surface area contributed by atoms with Gasteiger partial charge in [-0.3, -0.25) is 0 Å². The molecule has 1 N–H and O–H groups in total. The molecule has 0 spiro atoms. The molecule has 24 heavy (non-hydrogen) atoms. The van der Waals surface area contributed by atoms with Crippen LogP contribution in [0.25, 0.3) is 0 Å². The van der Waals surface area contributed by atoms with E-state index in [0.717, 1.165) is 23.3 Å². The van der Waals surface area contributed by atoms with Gasteiger partial charge < -0.3 is 5.32 Å². The van der Waals surface area contributed by atoms with Gasteiger partial charge in [-0.25, -0.2) is 16.8 Å². The normalized spacial score (nSPS) is 23.3. The molecule has 5 nitrogen and oxygen atoms in total. The summed E-state index contributed by atoms with van der Waals surface area (Å²) in [6.45, 7) is 0.542. The van der Waals surface area contributed by atoms with Crippen molar-refractivity contribution < 1.29 is 16.8 Å². The molecule has 2 aromatic rings. The minimum absolute atomic E-state index is 0.128. The van der Waals surface area contributed by atoms with Crippen LogP contribution in [0.1, 0.15) is 5.56 Å². The highest BCUT2D eigenvalue weighted by molar-refractivity contribution is 7.97. The molecule has 1 aliphatic heterocycles. The summed E-state index contributed by atoms with van der Waals surface area (Å²) in [5.74, 6) is -0.437. The maximum absolute atomic E-state index is 12.7. The van der Waals surface area contributed by atoms with Crippen molar-refractivity contribution in [3.8, 4) is 0 Å². The molecule has 0 bridgehead atoms. The van der Waals surface area contributed by atoms with Crippen molar-refractivity contribution in [3.05, 3.63) is 53.4 Å². The van der Waals surface area contributed by atoms with Crippen LogP contribution in [0.3, 0.4) is 0 Å². The minimum Gasteiger partial charge on any atom is -0.311 e. The van der Waals surface area contributed by atoms with Crippen LogP contribution in [0, 0.1) is 0 Å². The predicted octanol–water partition coefficient (Wildman–Crippen LogP) is 1.52. The van der Waals surface area contributed by atoms with Crippen LogP contribution in [0.4, 0.5) is 0 Å². The van der Waals surface area contributed by atoms with Crippen LogP contribution in [-0.2, 0) is 26.1 Å². The average molecular weight is 386 g/mol. The van der Waals surface area contributed by atoms with Crippen LogP contribution >= 0.6 is 11.3 Å². The van der Waals surface area contributed by atoms with Crippen molar-refractivity contribution in [1.82, 2.24) is 5.32 Å². The van der Waals surface area contributed by atoms with Gasteiger partial charge in [0.15, 0.2) is 19.7 Å². The van der Waals surface area contributed by atoms with Crippen LogP contribution < -0.4 is 5.32 Å². The first kappa shape index (κ1) is 17.6. The maximum atomic E-state index is 12.7. The summed E-state index contributed by atoms with van der Waals surface area (Å²) in [5, 5.41) is 3.92. The lowest BCUT2D eigenvalue weighted by Gasteiger charge is -2.19. The molecule has 0 radical (unpaired) electrons. The zero-order valence-electron chi connectivity index (χ0n) is 13.0. The zero-order chi connectivity index (χ0) is 17.2. The first-order valence-corrected chi connectivity index (χ1v) is 11.9. The van der Waals surface area contributed by atoms with Gasteiger partial charge in [0.25, 0.3) is 0 Å². The van der Waals surface area contributed by atoms with Crippen molar-refractivity contribution in [2.45, 2.75) is 21.9 Å². The van der Waals surface area contributed by atoms with Gasteiger partial charge in [0, 0.05) is 6.04 Å². The Bertz CT molecular complexity index is 875. The molecule has 2 unspecified atom stereocenters. The van der Waals surface area contributed by atoms with E-state index in [4.69, 9.17) is 0 Å². The molecule has 1 fully saturated rings. The van der Waals surface area contributed by atoms with Crippen molar-refractivity contribution in [3.63, 3.8) is 0 Å². The fourth-order valence-corrected chi connectivity index (χ4v) is 8.87. The van der Waals surface area contributed by atoms with Gasteiger partial charge in [-0.1, -0.05) is 36.4 Å². The number of thiophene rings is 1. The largest absolute Gasteiger partial charge is 0.311 e. The fourth-order valence-electron chi connectivity index (χ4n) is 2.93. The summed E-state index contributed by atoms with van der Waals surface area (Å²) in [6.07, 6.45) is 0.725. The van der Waals surface area contributed by atoms with E-state index >= 15 is 0 Å². The molecule has 1 aliphatic rings. The first-order chi connectivity index (χ1) is 11.4. The number of benzene rings is 1. The van der Waals surface area contributed by atoms with Gasteiger partial charge in [0.05, 0.1) is 16.8 Å². The lowest BCUT2D eigenvalue weighted by atomic mass is 10.1. The highest BCUT2D eigenvalue weighted by Gasteiger charge is 2.45. The predicted molar refractivity (Wildman–Crippen MR) is 95.9 cm³/mol. The van der Waals surface area contributed by atoms with E-state index < -0.39 is 31.0 Å². The fraction of sp³-hybridized carbons (Fsp3) is 0.375. The molecule has 1 saturated heterocycles. The lowest BCUT2D eigenvalue weighted by molar-refractivity contribution is 0.529. The second-order valence-electron chi connectivity index (χ2n) is 5.89. The van der Waals surface area contributed by atoms with E-state index in [9.17, 15) is 16.8 Å². The molecule has 8 heteroatoms. The molecule has 130 valence electrons. The van der Waals surface area contributed by atoms with E-state index in [0.29, 0.717) is 6.54 Å². The Morgan fingerprint density at radius 3 is 2.50 bits per heavy atom. The number of sulfone groups is 2. The molecule has 0 aliphatic carbocycles.